The number of hydrogen-bond acceptors (Lipinski definition) is 3. The Morgan fingerprint density at radius 1 is 1.64 bits per heavy atom. The largest absolute Gasteiger partial charge is 0.382 e. The molecule has 1 fully saturated rings. The fraction of sp³-hybridized carbons (Fsp3) is 0.857. The van der Waals surface area contributed by atoms with Crippen LogP contribution in [-0.4, -0.2) is 43.9 Å². The van der Waals surface area contributed by atoms with E-state index in [1.54, 1.807) is 18.9 Å². The highest BCUT2D eigenvalue weighted by Gasteiger charge is 2.36. The predicted molar refractivity (Wildman–Crippen MR) is 39.0 cm³/mol. The Morgan fingerprint density at radius 2 is 2.36 bits per heavy atom. The van der Waals surface area contributed by atoms with Crippen molar-refractivity contribution in [3.05, 3.63) is 0 Å². The zero-order valence-corrected chi connectivity index (χ0v) is 6.87. The van der Waals surface area contributed by atoms with Gasteiger partial charge < -0.3 is 14.4 Å². The smallest absolute Gasteiger partial charge is 0.221 e. The van der Waals surface area contributed by atoms with Crippen molar-refractivity contribution in [1.82, 2.24) is 4.90 Å². The molecule has 0 spiro atoms. The van der Waals surface area contributed by atoms with E-state index in [0.717, 1.165) is 6.54 Å². The molecule has 64 valence electrons. The first kappa shape index (κ1) is 8.49. The zero-order chi connectivity index (χ0) is 8.27. The van der Waals surface area contributed by atoms with Crippen molar-refractivity contribution in [3.63, 3.8) is 0 Å². The second-order valence-corrected chi connectivity index (χ2v) is 2.49. The molecule has 1 atom stereocenters. The van der Waals surface area contributed by atoms with Gasteiger partial charge in [-0.3, -0.25) is 4.79 Å². The number of ether oxygens (including phenoxy) is 2. The van der Waals surface area contributed by atoms with Crippen LogP contribution in [0.1, 0.15) is 6.92 Å². The SMILES string of the molecule is COCCOC1CN1C(C)=O. The molecule has 1 aliphatic rings. The molecule has 0 aromatic carbocycles. The van der Waals surface area contributed by atoms with Gasteiger partial charge in [-0.05, 0) is 0 Å². The van der Waals surface area contributed by atoms with Crippen LogP contribution in [-0.2, 0) is 14.3 Å². The Hall–Kier alpha value is -0.610. The summed E-state index contributed by atoms with van der Waals surface area (Å²) in [4.78, 5) is 12.3. The van der Waals surface area contributed by atoms with Crippen LogP contribution < -0.4 is 0 Å². The number of amides is 1. The maximum Gasteiger partial charge on any atom is 0.221 e. The van der Waals surface area contributed by atoms with Gasteiger partial charge in [0, 0.05) is 14.0 Å². The van der Waals surface area contributed by atoms with Crippen LogP contribution in [0.15, 0.2) is 0 Å². The third-order valence-electron chi connectivity index (χ3n) is 1.57. The monoisotopic (exact) mass is 159 g/mol. The minimum absolute atomic E-state index is 0.0163. The van der Waals surface area contributed by atoms with Crippen molar-refractivity contribution >= 4 is 5.91 Å². The van der Waals surface area contributed by atoms with Crippen LogP contribution in [0.4, 0.5) is 0 Å². The van der Waals surface area contributed by atoms with Gasteiger partial charge in [0.2, 0.25) is 5.91 Å². The third-order valence-corrected chi connectivity index (χ3v) is 1.57. The predicted octanol–water partition coefficient (Wildman–Crippen LogP) is -0.162. The summed E-state index contributed by atoms with van der Waals surface area (Å²) in [6.07, 6.45) is 0.0163. The molecular formula is C7H13NO3. The number of carbonyl (C=O) groups excluding carboxylic acids is 1. The second-order valence-electron chi connectivity index (χ2n) is 2.49. The van der Waals surface area contributed by atoms with Crippen LogP contribution in [0.5, 0.6) is 0 Å². The molecule has 0 aromatic heterocycles. The van der Waals surface area contributed by atoms with Gasteiger partial charge in [-0.2, -0.15) is 0 Å². The van der Waals surface area contributed by atoms with Crippen molar-refractivity contribution in [3.8, 4) is 0 Å². The Labute approximate surface area is 66.1 Å². The van der Waals surface area contributed by atoms with E-state index in [0.29, 0.717) is 13.2 Å². The molecule has 4 heteroatoms. The number of rotatable bonds is 4. The van der Waals surface area contributed by atoms with Gasteiger partial charge in [-0.25, -0.2) is 0 Å². The molecule has 1 saturated heterocycles. The normalized spacial score (nSPS) is 22.0. The van der Waals surface area contributed by atoms with Gasteiger partial charge in [-0.15, -0.1) is 0 Å². The Morgan fingerprint density at radius 3 is 2.82 bits per heavy atom. The summed E-state index contributed by atoms with van der Waals surface area (Å²) in [5, 5.41) is 0. The van der Waals surface area contributed by atoms with E-state index in [4.69, 9.17) is 9.47 Å². The van der Waals surface area contributed by atoms with Gasteiger partial charge >= 0.3 is 0 Å². The lowest BCUT2D eigenvalue weighted by molar-refractivity contribution is -0.126. The molecule has 1 heterocycles. The summed E-state index contributed by atoms with van der Waals surface area (Å²) >= 11 is 0. The first-order valence-corrected chi connectivity index (χ1v) is 3.63. The quantitative estimate of drug-likeness (QED) is 0.422. The van der Waals surface area contributed by atoms with E-state index in [1.165, 1.54) is 0 Å². The minimum Gasteiger partial charge on any atom is -0.382 e. The minimum atomic E-state index is 0.0163. The lowest BCUT2D eigenvalue weighted by Gasteiger charge is -2.01. The number of hydrogen-bond donors (Lipinski definition) is 0. The maximum absolute atomic E-state index is 10.7. The molecule has 11 heavy (non-hydrogen) atoms. The van der Waals surface area contributed by atoms with Gasteiger partial charge in [0.1, 0.15) is 6.23 Å². The molecule has 0 aromatic rings. The van der Waals surface area contributed by atoms with Crippen LogP contribution in [0.3, 0.4) is 0 Å². The van der Waals surface area contributed by atoms with Crippen molar-refractivity contribution in [2.24, 2.45) is 0 Å². The summed E-state index contributed by atoms with van der Waals surface area (Å²) in [5.41, 5.74) is 0. The van der Waals surface area contributed by atoms with Crippen molar-refractivity contribution in [2.45, 2.75) is 13.2 Å². The number of nitrogens with zero attached hydrogens (tertiary/aromatic N) is 1. The molecule has 0 N–H and O–H groups in total. The zero-order valence-electron chi connectivity index (χ0n) is 6.87. The number of methoxy groups -OCH3 is 1. The first-order valence-electron chi connectivity index (χ1n) is 3.63. The molecule has 0 radical (unpaired) electrons. The van der Waals surface area contributed by atoms with Crippen LogP contribution in [0, 0.1) is 0 Å². The van der Waals surface area contributed by atoms with E-state index in [9.17, 15) is 4.79 Å². The summed E-state index contributed by atoms with van der Waals surface area (Å²) in [7, 11) is 1.62. The van der Waals surface area contributed by atoms with Crippen molar-refractivity contribution in [2.75, 3.05) is 26.9 Å². The van der Waals surface area contributed by atoms with Gasteiger partial charge in [0.05, 0.1) is 19.8 Å². The summed E-state index contributed by atoms with van der Waals surface area (Å²) in [6, 6.07) is 0. The highest BCUT2D eigenvalue weighted by molar-refractivity contribution is 5.75. The van der Waals surface area contributed by atoms with Crippen LogP contribution >= 0.6 is 0 Å². The Balaban J connectivity index is 2.00. The lowest BCUT2D eigenvalue weighted by Crippen LogP contribution is -2.12. The topological polar surface area (TPSA) is 38.5 Å². The van der Waals surface area contributed by atoms with E-state index in [1.807, 2.05) is 0 Å². The molecular weight excluding hydrogens is 146 g/mol. The second kappa shape index (κ2) is 3.69. The molecule has 0 saturated carbocycles. The van der Waals surface area contributed by atoms with E-state index in [2.05, 4.69) is 0 Å². The molecule has 4 nitrogen and oxygen atoms in total. The van der Waals surface area contributed by atoms with Gasteiger partial charge in [0.15, 0.2) is 0 Å². The molecule has 1 unspecified atom stereocenters. The van der Waals surface area contributed by atoms with Crippen molar-refractivity contribution < 1.29 is 14.3 Å². The third kappa shape index (κ3) is 2.48. The summed E-state index contributed by atoms with van der Waals surface area (Å²) in [6.45, 7) is 3.42. The Kier molecular flexibility index (Phi) is 2.84. The average molecular weight is 159 g/mol. The van der Waals surface area contributed by atoms with Crippen LogP contribution in [0.25, 0.3) is 0 Å². The van der Waals surface area contributed by atoms with E-state index < -0.39 is 0 Å². The van der Waals surface area contributed by atoms with Gasteiger partial charge in [0.25, 0.3) is 0 Å². The Bertz CT molecular complexity index is 149. The first-order chi connectivity index (χ1) is 5.25. The molecule has 1 aliphatic heterocycles. The highest BCUT2D eigenvalue weighted by atomic mass is 16.5. The van der Waals surface area contributed by atoms with E-state index >= 15 is 0 Å². The molecule has 1 rings (SSSR count). The fourth-order valence-electron chi connectivity index (χ4n) is 0.863. The standard InChI is InChI=1S/C7H13NO3/c1-6(9)8-5-7(8)11-4-3-10-2/h7H,3-5H2,1-2H3. The average Bonchev–Trinajstić information content (AvgIpc) is 2.68. The maximum atomic E-state index is 10.7. The summed E-state index contributed by atoms with van der Waals surface area (Å²) < 4.78 is 10.0. The molecule has 0 bridgehead atoms. The summed E-state index contributed by atoms with van der Waals surface area (Å²) in [5.74, 6) is 0.0763. The van der Waals surface area contributed by atoms with Crippen molar-refractivity contribution in [1.29, 1.82) is 0 Å². The molecule has 0 aliphatic carbocycles. The van der Waals surface area contributed by atoms with Gasteiger partial charge in [-0.1, -0.05) is 0 Å². The fourth-order valence-corrected chi connectivity index (χ4v) is 0.863. The highest BCUT2D eigenvalue weighted by Crippen LogP contribution is 2.17. The van der Waals surface area contributed by atoms with E-state index in [-0.39, 0.29) is 12.1 Å². The van der Waals surface area contributed by atoms with Crippen LogP contribution in [0.2, 0.25) is 0 Å². The number of carbonyl (C=O) groups is 1. The molecule has 1 amide bonds. The lowest BCUT2D eigenvalue weighted by atomic mass is 10.7.